The molecule has 0 aliphatic carbocycles. The number of hydrogen-bond donors (Lipinski definition) is 1. The van der Waals surface area contributed by atoms with Crippen LogP contribution in [0.2, 0.25) is 0 Å². The smallest absolute Gasteiger partial charge is 0.257 e. The van der Waals surface area contributed by atoms with Gasteiger partial charge in [-0.3, -0.25) is 19.7 Å². The highest BCUT2D eigenvalue weighted by Crippen LogP contribution is 2.32. The number of hydrogen-bond acceptors (Lipinski definition) is 5. The lowest BCUT2D eigenvalue weighted by Crippen LogP contribution is -2.23. The third-order valence-electron chi connectivity index (χ3n) is 4.73. The number of carbonyl (C=O) groups excluding carboxylic acids is 3. The molecule has 0 unspecified atom stereocenters. The Morgan fingerprint density at radius 3 is 2.41 bits per heavy atom. The second-order valence-electron chi connectivity index (χ2n) is 6.77. The number of ketones is 1. The van der Waals surface area contributed by atoms with E-state index in [0.717, 1.165) is 29.0 Å². The summed E-state index contributed by atoms with van der Waals surface area (Å²) in [7, 11) is 0. The van der Waals surface area contributed by atoms with Gasteiger partial charge in [0.15, 0.2) is 10.9 Å². The van der Waals surface area contributed by atoms with Crippen LogP contribution in [-0.2, 0) is 4.79 Å². The molecule has 2 heterocycles. The summed E-state index contributed by atoms with van der Waals surface area (Å²) in [5.74, 6) is -0.301. The Labute approximate surface area is 172 Å². The number of nitrogens with one attached hydrogen (secondary N) is 1. The van der Waals surface area contributed by atoms with Crippen molar-refractivity contribution < 1.29 is 14.4 Å². The predicted molar refractivity (Wildman–Crippen MR) is 114 cm³/mol. The molecule has 1 aliphatic rings. The number of nitrogens with zero attached hydrogens (tertiary/aromatic N) is 2. The van der Waals surface area contributed by atoms with Crippen LogP contribution in [0.25, 0.3) is 11.3 Å². The van der Waals surface area contributed by atoms with Crippen molar-refractivity contribution in [2.45, 2.75) is 19.8 Å². The number of Topliss-reactive ketones (excluding diaryl/α,β-unsaturated/α-hetero) is 1. The maximum Gasteiger partial charge on any atom is 0.257 e. The number of thiazole rings is 1. The molecule has 0 spiro atoms. The minimum Gasteiger partial charge on any atom is -0.312 e. The van der Waals surface area contributed by atoms with Gasteiger partial charge in [-0.25, -0.2) is 4.98 Å². The first-order chi connectivity index (χ1) is 14.0. The van der Waals surface area contributed by atoms with Gasteiger partial charge < -0.3 is 4.90 Å². The van der Waals surface area contributed by atoms with Crippen molar-refractivity contribution in [1.29, 1.82) is 0 Å². The molecule has 29 heavy (non-hydrogen) atoms. The summed E-state index contributed by atoms with van der Waals surface area (Å²) < 4.78 is 0. The number of amides is 2. The van der Waals surface area contributed by atoms with Gasteiger partial charge in [0.05, 0.1) is 10.6 Å². The average molecular weight is 405 g/mol. The van der Waals surface area contributed by atoms with Crippen LogP contribution in [0.3, 0.4) is 0 Å². The zero-order valence-corrected chi connectivity index (χ0v) is 16.7. The third kappa shape index (κ3) is 3.95. The summed E-state index contributed by atoms with van der Waals surface area (Å²) in [6, 6.07) is 16.3. The molecular weight excluding hydrogens is 386 g/mol. The number of rotatable bonds is 5. The zero-order chi connectivity index (χ0) is 20.4. The summed E-state index contributed by atoms with van der Waals surface area (Å²) in [5, 5.41) is 3.15. The van der Waals surface area contributed by atoms with Gasteiger partial charge in [0, 0.05) is 36.7 Å². The molecule has 7 heteroatoms. The van der Waals surface area contributed by atoms with Crippen LogP contribution >= 0.6 is 11.3 Å². The van der Waals surface area contributed by atoms with Gasteiger partial charge in [-0.2, -0.15) is 0 Å². The molecule has 6 nitrogen and oxygen atoms in total. The van der Waals surface area contributed by atoms with Crippen LogP contribution in [0.5, 0.6) is 0 Å². The molecule has 3 aromatic rings. The summed E-state index contributed by atoms with van der Waals surface area (Å²) in [6.45, 7) is 2.20. The summed E-state index contributed by atoms with van der Waals surface area (Å²) in [4.78, 5) is 43.2. The standard InChI is InChI=1S/C22H19N3O3S/c1-14(26)20-19(15-6-3-2-4-7-15)23-22(29-20)24-21(28)16-9-11-17(12-10-16)25-13-5-8-18(25)27/h2-4,6-7,9-12H,5,8,13H2,1H3,(H,23,24,28). The summed E-state index contributed by atoms with van der Waals surface area (Å²) >= 11 is 1.16. The number of anilines is 2. The summed E-state index contributed by atoms with van der Waals surface area (Å²) in [5.41, 5.74) is 2.65. The molecule has 1 saturated heterocycles. The van der Waals surface area contributed by atoms with Crippen LogP contribution in [0.1, 0.15) is 39.8 Å². The SMILES string of the molecule is CC(=O)c1sc(NC(=O)c2ccc(N3CCCC3=O)cc2)nc1-c1ccccc1. The first-order valence-corrected chi connectivity index (χ1v) is 10.1. The monoisotopic (exact) mass is 405 g/mol. The Balaban J connectivity index is 1.54. The highest BCUT2D eigenvalue weighted by atomic mass is 32.1. The molecule has 2 amide bonds. The van der Waals surface area contributed by atoms with Crippen molar-refractivity contribution >= 4 is 39.8 Å². The Kier molecular flexibility index (Phi) is 5.22. The number of benzene rings is 2. The molecular formula is C22H19N3O3S. The fourth-order valence-corrected chi connectivity index (χ4v) is 4.16. The largest absolute Gasteiger partial charge is 0.312 e. The highest BCUT2D eigenvalue weighted by molar-refractivity contribution is 7.18. The molecule has 0 radical (unpaired) electrons. The lowest BCUT2D eigenvalue weighted by atomic mass is 10.1. The maximum atomic E-state index is 12.6. The van der Waals surface area contributed by atoms with Crippen LogP contribution in [0, 0.1) is 0 Å². The van der Waals surface area contributed by atoms with Crippen molar-refractivity contribution in [3.8, 4) is 11.3 Å². The van der Waals surface area contributed by atoms with E-state index in [1.54, 1.807) is 29.2 Å². The maximum absolute atomic E-state index is 12.6. The van der Waals surface area contributed by atoms with Gasteiger partial charge in [-0.1, -0.05) is 41.7 Å². The van der Waals surface area contributed by atoms with E-state index < -0.39 is 0 Å². The fraction of sp³-hybridized carbons (Fsp3) is 0.182. The van der Waals surface area contributed by atoms with E-state index in [1.165, 1.54) is 6.92 Å². The predicted octanol–water partition coefficient (Wildman–Crippen LogP) is 4.39. The topological polar surface area (TPSA) is 79.4 Å². The van der Waals surface area contributed by atoms with E-state index in [0.29, 0.717) is 34.2 Å². The molecule has 4 rings (SSSR count). The molecule has 2 aromatic carbocycles. The van der Waals surface area contributed by atoms with Crippen molar-refractivity contribution in [2.24, 2.45) is 0 Å². The second kappa shape index (κ2) is 7.97. The quantitative estimate of drug-likeness (QED) is 0.639. The van der Waals surface area contributed by atoms with Crippen molar-refractivity contribution in [3.05, 3.63) is 65.0 Å². The average Bonchev–Trinajstić information content (AvgIpc) is 3.35. The Morgan fingerprint density at radius 2 is 1.79 bits per heavy atom. The van der Waals surface area contributed by atoms with Crippen LogP contribution < -0.4 is 10.2 Å². The summed E-state index contributed by atoms with van der Waals surface area (Å²) in [6.07, 6.45) is 1.42. The molecule has 1 aliphatic heterocycles. The molecule has 0 atom stereocenters. The van der Waals surface area contributed by atoms with Crippen LogP contribution in [-0.4, -0.2) is 29.1 Å². The first kappa shape index (κ1) is 19.0. The van der Waals surface area contributed by atoms with Gasteiger partial charge >= 0.3 is 0 Å². The van der Waals surface area contributed by atoms with E-state index in [-0.39, 0.29) is 17.6 Å². The van der Waals surface area contributed by atoms with Crippen molar-refractivity contribution in [3.63, 3.8) is 0 Å². The van der Waals surface area contributed by atoms with Gasteiger partial charge in [0.1, 0.15) is 0 Å². The van der Waals surface area contributed by atoms with Crippen molar-refractivity contribution in [2.75, 3.05) is 16.8 Å². The van der Waals surface area contributed by atoms with Crippen LogP contribution in [0.4, 0.5) is 10.8 Å². The molecule has 1 N–H and O–H groups in total. The normalized spacial score (nSPS) is 13.6. The molecule has 0 saturated carbocycles. The van der Waals surface area contributed by atoms with E-state index in [4.69, 9.17) is 0 Å². The first-order valence-electron chi connectivity index (χ1n) is 9.32. The van der Waals surface area contributed by atoms with E-state index in [9.17, 15) is 14.4 Å². The lowest BCUT2D eigenvalue weighted by Gasteiger charge is -2.15. The van der Waals surface area contributed by atoms with E-state index >= 15 is 0 Å². The van der Waals surface area contributed by atoms with Crippen molar-refractivity contribution in [1.82, 2.24) is 4.98 Å². The van der Waals surface area contributed by atoms with E-state index in [1.807, 2.05) is 30.3 Å². The molecule has 1 fully saturated rings. The number of aromatic nitrogens is 1. The highest BCUT2D eigenvalue weighted by Gasteiger charge is 2.22. The zero-order valence-electron chi connectivity index (χ0n) is 15.8. The fourth-order valence-electron chi connectivity index (χ4n) is 3.29. The Bertz CT molecular complexity index is 1070. The Hall–Kier alpha value is -3.32. The minimum absolute atomic E-state index is 0.0958. The lowest BCUT2D eigenvalue weighted by molar-refractivity contribution is -0.117. The van der Waals surface area contributed by atoms with Gasteiger partial charge in [0.25, 0.3) is 5.91 Å². The molecule has 146 valence electrons. The van der Waals surface area contributed by atoms with E-state index in [2.05, 4.69) is 10.3 Å². The number of carbonyl (C=O) groups is 3. The minimum atomic E-state index is -0.312. The molecule has 1 aromatic heterocycles. The Morgan fingerprint density at radius 1 is 1.07 bits per heavy atom. The molecule has 0 bridgehead atoms. The third-order valence-corrected chi connectivity index (χ3v) is 5.80. The van der Waals surface area contributed by atoms with Gasteiger partial charge in [-0.15, -0.1) is 0 Å². The second-order valence-corrected chi connectivity index (χ2v) is 7.77. The van der Waals surface area contributed by atoms with Gasteiger partial charge in [0.2, 0.25) is 5.91 Å². The van der Waals surface area contributed by atoms with Gasteiger partial charge in [-0.05, 0) is 30.7 Å². The van der Waals surface area contributed by atoms with Crippen LogP contribution in [0.15, 0.2) is 54.6 Å².